The number of Topliss-reactive ketones (excluding diaryl/α,β-unsaturated/α-hetero) is 1. The van der Waals surface area contributed by atoms with Gasteiger partial charge >= 0.3 is 0 Å². The molecule has 0 bridgehead atoms. The lowest BCUT2D eigenvalue weighted by Crippen LogP contribution is -2.50. The molecule has 1 aliphatic rings. The van der Waals surface area contributed by atoms with E-state index in [0.717, 1.165) is 24.5 Å². The van der Waals surface area contributed by atoms with E-state index in [2.05, 4.69) is 4.90 Å². The van der Waals surface area contributed by atoms with E-state index in [4.69, 9.17) is 9.47 Å². The molecule has 3 rings (SSSR count). The molecule has 0 aromatic heterocycles. The number of ketones is 1. The van der Waals surface area contributed by atoms with Crippen molar-refractivity contribution in [1.82, 2.24) is 4.90 Å². The Labute approximate surface area is 165 Å². The maximum atomic E-state index is 12.4. The SMILES string of the molecule is CCC(=O)c1ccc(OCC(=O)N2CCN(c3ccc(OC)cc3)CC2)cc1. The van der Waals surface area contributed by atoms with Crippen molar-refractivity contribution in [2.24, 2.45) is 0 Å². The van der Waals surface area contributed by atoms with Gasteiger partial charge in [0.2, 0.25) is 0 Å². The molecule has 1 saturated heterocycles. The van der Waals surface area contributed by atoms with Crippen LogP contribution in [0.25, 0.3) is 0 Å². The monoisotopic (exact) mass is 382 g/mol. The van der Waals surface area contributed by atoms with Crippen LogP contribution in [-0.4, -0.2) is 56.5 Å². The number of anilines is 1. The molecule has 2 aromatic rings. The number of ether oxygens (including phenoxy) is 2. The minimum Gasteiger partial charge on any atom is -0.497 e. The van der Waals surface area contributed by atoms with Crippen molar-refractivity contribution in [2.75, 3.05) is 44.8 Å². The number of hydrogen-bond donors (Lipinski definition) is 0. The summed E-state index contributed by atoms with van der Waals surface area (Å²) in [5, 5.41) is 0. The maximum Gasteiger partial charge on any atom is 0.260 e. The van der Waals surface area contributed by atoms with Crippen molar-refractivity contribution >= 4 is 17.4 Å². The molecule has 0 spiro atoms. The van der Waals surface area contributed by atoms with Gasteiger partial charge in [-0.05, 0) is 48.5 Å². The first-order chi connectivity index (χ1) is 13.6. The van der Waals surface area contributed by atoms with Gasteiger partial charge in [0.1, 0.15) is 11.5 Å². The number of carbonyl (C=O) groups is 2. The summed E-state index contributed by atoms with van der Waals surface area (Å²) in [4.78, 5) is 28.2. The van der Waals surface area contributed by atoms with Gasteiger partial charge < -0.3 is 19.3 Å². The Kier molecular flexibility index (Phi) is 6.53. The van der Waals surface area contributed by atoms with Gasteiger partial charge in [-0.3, -0.25) is 9.59 Å². The number of carbonyl (C=O) groups excluding carboxylic acids is 2. The summed E-state index contributed by atoms with van der Waals surface area (Å²) in [5.41, 5.74) is 1.79. The number of rotatable bonds is 7. The largest absolute Gasteiger partial charge is 0.497 e. The fourth-order valence-corrected chi connectivity index (χ4v) is 3.18. The van der Waals surface area contributed by atoms with Crippen molar-refractivity contribution in [3.05, 3.63) is 54.1 Å². The van der Waals surface area contributed by atoms with E-state index in [1.165, 1.54) is 0 Å². The van der Waals surface area contributed by atoms with E-state index < -0.39 is 0 Å². The molecule has 0 saturated carbocycles. The van der Waals surface area contributed by atoms with Crippen LogP contribution in [0, 0.1) is 0 Å². The van der Waals surface area contributed by atoms with E-state index in [1.54, 1.807) is 31.4 Å². The molecule has 1 fully saturated rings. The van der Waals surface area contributed by atoms with Crippen molar-refractivity contribution in [1.29, 1.82) is 0 Å². The average molecular weight is 382 g/mol. The van der Waals surface area contributed by atoms with Gasteiger partial charge in [0.25, 0.3) is 5.91 Å². The standard InChI is InChI=1S/C22H26N2O4/c1-3-21(25)17-4-8-20(9-5-17)28-16-22(26)24-14-12-23(13-15-24)18-6-10-19(27-2)11-7-18/h4-11H,3,12-16H2,1-2H3. The highest BCUT2D eigenvalue weighted by Crippen LogP contribution is 2.20. The van der Waals surface area contributed by atoms with Crippen molar-refractivity contribution in [2.45, 2.75) is 13.3 Å². The first-order valence-corrected chi connectivity index (χ1v) is 9.53. The first-order valence-electron chi connectivity index (χ1n) is 9.53. The molecule has 148 valence electrons. The Morgan fingerprint density at radius 3 is 2.07 bits per heavy atom. The predicted molar refractivity (Wildman–Crippen MR) is 108 cm³/mol. The normalized spacial score (nSPS) is 13.9. The van der Waals surface area contributed by atoms with E-state index in [0.29, 0.717) is 30.8 Å². The van der Waals surface area contributed by atoms with Crippen LogP contribution in [0.15, 0.2) is 48.5 Å². The quantitative estimate of drug-likeness (QED) is 0.689. The second-order valence-corrected chi connectivity index (χ2v) is 6.66. The van der Waals surface area contributed by atoms with Crippen LogP contribution in [0.4, 0.5) is 5.69 Å². The fraction of sp³-hybridized carbons (Fsp3) is 0.364. The summed E-state index contributed by atoms with van der Waals surface area (Å²) in [5.74, 6) is 1.50. The number of hydrogen-bond acceptors (Lipinski definition) is 5. The molecular formula is C22H26N2O4. The summed E-state index contributed by atoms with van der Waals surface area (Å²) >= 11 is 0. The van der Waals surface area contributed by atoms with Crippen LogP contribution in [0.3, 0.4) is 0 Å². The summed E-state index contributed by atoms with van der Waals surface area (Å²) < 4.78 is 10.8. The lowest BCUT2D eigenvalue weighted by Gasteiger charge is -2.36. The van der Waals surface area contributed by atoms with Crippen molar-refractivity contribution < 1.29 is 19.1 Å². The zero-order valence-corrected chi connectivity index (χ0v) is 16.4. The average Bonchev–Trinajstić information content (AvgIpc) is 2.77. The zero-order valence-electron chi connectivity index (χ0n) is 16.4. The molecule has 2 aromatic carbocycles. The lowest BCUT2D eigenvalue weighted by molar-refractivity contribution is -0.133. The summed E-state index contributed by atoms with van der Waals surface area (Å²) in [7, 11) is 1.65. The number of benzene rings is 2. The molecule has 1 amide bonds. The molecule has 6 heteroatoms. The highest BCUT2D eigenvalue weighted by atomic mass is 16.5. The Morgan fingerprint density at radius 2 is 1.50 bits per heavy atom. The van der Waals surface area contributed by atoms with Gasteiger partial charge in [-0.25, -0.2) is 0 Å². The lowest BCUT2D eigenvalue weighted by atomic mass is 10.1. The van der Waals surface area contributed by atoms with Crippen LogP contribution in [0.5, 0.6) is 11.5 Å². The molecule has 0 atom stereocenters. The second-order valence-electron chi connectivity index (χ2n) is 6.66. The van der Waals surface area contributed by atoms with Gasteiger partial charge in [-0.2, -0.15) is 0 Å². The highest BCUT2D eigenvalue weighted by Gasteiger charge is 2.21. The van der Waals surface area contributed by atoms with Gasteiger partial charge in [0.15, 0.2) is 12.4 Å². The molecule has 6 nitrogen and oxygen atoms in total. The summed E-state index contributed by atoms with van der Waals surface area (Å²) in [6.45, 7) is 4.73. The third-order valence-corrected chi connectivity index (χ3v) is 4.93. The van der Waals surface area contributed by atoms with Crippen molar-refractivity contribution in [3.63, 3.8) is 0 Å². The molecule has 0 radical (unpaired) electrons. The molecule has 0 unspecified atom stereocenters. The Balaban J connectivity index is 1.46. The molecule has 28 heavy (non-hydrogen) atoms. The fourth-order valence-electron chi connectivity index (χ4n) is 3.18. The minimum atomic E-state index is -0.0249. The molecular weight excluding hydrogens is 356 g/mol. The van der Waals surface area contributed by atoms with Crippen molar-refractivity contribution in [3.8, 4) is 11.5 Å². The van der Waals surface area contributed by atoms with Gasteiger partial charge in [0, 0.05) is 43.9 Å². The Morgan fingerprint density at radius 1 is 0.893 bits per heavy atom. The number of nitrogens with zero attached hydrogens (tertiary/aromatic N) is 2. The molecule has 0 aliphatic carbocycles. The zero-order chi connectivity index (χ0) is 19.9. The topological polar surface area (TPSA) is 59.1 Å². The van der Waals surface area contributed by atoms with Crippen LogP contribution in [0.1, 0.15) is 23.7 Å². The van der Waals surface area contributed by atoms with Gasteiger partial charge in [-0.1, -0.05) is 6.92 Å². The Hall–Kier alpha value is -3.02. The Bertz CT molecular complexity index is 794. The number of piperazine rings is 1. The van der Waals surface area contributed by atoms with E-state index >= 15 is 0 Å². The third-order valence-electron chi connectivity index (χ3n) is 4.93. The maximum absolute atomic E-state index is 12.4. The number of amides is 1. The third kappa shape index (κ3) is 4.82. The minimum absolute atomic E-state index is 0.00358. The molecule has 0 N–H and O–H groups in total. The van der Waals surface area contributed by atoms with Crippen LogP contribution >= 0.6 is 0 Å². The van der Waals surface area contributed by atoms with Crippen LogP contribution in [0.2, 0.25) is 0 Å². The van der Waals surface area contributed by atoms with Crippen LogP contribution in [-0.2, 0) is 4.79 Å². The second kappa shape index (κ2) is 9.26. The first kappa shape index (κ1) is 19.7. The van der Waals surface area contributed by atoms with Gasteiger partial charge in [0.05, 0.1) is 7.11 Å². The predicted octanol–water partition coefficient (Wildman–Crippen LogP) is 3.02. The van der Waals surface area contributed by atoms with Crippen LogP contribution < -0.4 is 14.4 Å². The highest BCUT2D eigenvalue weighted by molar-refractivity contribution is 5.95. The van der Waals surface area contributed by atoms with Gasteiger partial charge in [-0.15, -0.1) is 0 Å². The van der Waals surface area contributed by atoms with E-state index in [9.17, 15) is 9.59 Å². The smallest absolute Gasteiger partial charge is 0.260 e. The summed E-state index contributed by atoms with van der Waals surface area (Å²) in [6, 6.07) is 14.9. The number of methoxy groups -OCH3 is 1. The molecule has 1 heterocycles. The summed E-state index contributed by atoms with van der Waals surface area (Å²) in [6.07, 6.45) is 0.473. The van der Waals surface area contributed by atoms with E-state index in [1.807, 2.05) is 36.1 Å². The van der Waals surface area contributed by atoms with E-state index in [-0.39, 0.29) is 18.3 Å². The molecule has 1 aliphatic heterocycles.